The summed E-state index contributed by atoms with van der Waals surface area (Å²) in [4.78, 5) is 22.8. The molecule has 0 aliphatic carbocycles. The fourth-order valence-electron chi connectivity index (χ4n) is 2.82. The van der Waals surface area contributed by atoms with Gasteiger partial charge in [-0.1, -0.05) is 13.8 Å². The normalized spacial score (nSPS) is 30.4. The Morgan fingerprint density at radius 1 is 1.37 bits per heavy atom. The quantitative estimate of drug-likeness (QED) is 0.694. The van der Waals surface area contributed by atoms with E-state index >= 15 is 0 Å². The third-order valence-corrected chi connectivity index (χ3v) is 4.03. The highest BCUT2D eigenvalue weighted by Crippen LogP contribution is 2.34. The van der Waals surface area contributed by atoms with Gasteiger partial charge in [-0.15, -0.1) is 0 Å². The van der Waals surface area contributed by atoms with Gasteiger partial charge in [0, 0.05) is 6.54 Å². The average Bonchev–Trinajstić information content (AvgIpc) is 2.89. The summed E-state index contributed by atoms with van der Waals surface area (Å²) >= 11 is 0. The van der Waals surface area contributed by atoms with Crippen molar-refractivity contribution < 1.29 is 19.4 Å². The fourth-order valence-corrected chi connectivity index (χ4v) is 2.82. The molecule has 19 heavy (non-hydrogen) atoms. The number of hydrogen-bond acceptors (Lipinski definition) is 3. The lowest BCUT2D eigenvalue weighted by molar-refractivity contribution is -0.142. The second-order valence-corrected chi connectivity index (χ2v) is 5.76. The van der Waals surface area contributed by atoms with Crippen LogP contribution in [-0.2, 0) is 9.53 Å². The minimum Gasteiger partial charge on any atom is -0.481 e. The largest absolute Gasteiger partial charge is 0.481 e. The number of carbonyl (C=O) groups is 2. The molecule has 0 aromatic heterocycles. The molecule has 0 spiro atoms. The molecule has 0 aromatic carbocycles. The molecule has 6 heteroatoms. The molecule has 2 amide bonds. The van der Waals surface area contributed by atoms with Gasteiger partial charge in [0.1, 0.15) is 0 Å². The molecular weight excluding hydrogens is 248 g/mol. The van der Waals surface area contributed by atoms with Gasteiger partial charge in [0.25, 0.3) is 0 Å². The number of carboxylic acid groups (broad SMARTS) is 1. The number of amides is 2. The monoisotopic (exact) mass is 270 g/mol. The van der Waals surface area contributed by atoms with Crippen LogP contribution in [0.1, 0.15) is 33.1 Å². The zero-order chi connectivity index (χ0) is 14.0. The fraction of sp³-hybridized carbons (Fsp3) is 0.846. The minimum atomic E-state index is -0.876. The lowest BCUT2D eigenvalue weighted by Gasteiger charge is -2.22. The summed E-state index contributed by atoms with van der Waals surface area (Å²) in [5.74, 6) is -1.44. The molecule has 108 valence electrons. The van der Waals surface area contributed by atoms with E-state index in [0.29, 0.717) is 0 Å². The van der Waals surface area contributed by atoms with E-state index in [0.717, 1.165) is 19.3 Å². The Balaban J connectivity index is 1.74. The average molecular weight is 270 g/mol. The highest BCUT2D eigenvalue weighted by Gasteiger charge is 2.41. The van der Waals surface area contributed by atoms with E-state index in [1.807, 2.05) is 13.8 Å². The molecule has 4 atom stereocenters. The van der Waals surface area contributed by atoms with Crippen molar-refractivity contribution in [2.45, 2.75) is 51.4 Å². The van der Waals surface area contributed by atoms with Gasteiger partial charge in [-0.2, -0.15) is 0 Å². The Morgan fingerprint density at radius 3 is 2.58 bits per heavy atom. The number of ether oxygens (including phenoxy) is 1. The first-order chi connectivity index (χ1) is 8.97. The van der Waals surface area contributed by atoms with Crippen LogP contribution in [0.3, 0.4) is 0 Å². The van der Waals surface area contributed by atoms with Crippen molar-refractivity contribution in [1.29, 1.82) is 0 Å². The molecule has 2 bridgehead atoms. The zero-order valence-corrected chi connectivity index (χ0v) is 11.4. The summed E-state index contributed by atoms with van der Waals surface area (Å²) < 4.78 is 5.65. The van der Waals surface area contributed by atoms with Crippen molar-refractivity contribution in [2.75, 3.05) is 6.54 Å². The Morgan fingerprint density at radius 2 is 2.11 bits per heavy atom. The Bertz CT molecular complexity index is 359. The van der Waals surface area contributed by atoms with Crippen LogP contribution in [-0.4, -0.2) is 41.9 Å². The lowest BCUT2D eigenvalue weighted by Crippen LogP contribution is -2.48. The van der Waals surface area contributed by atoms with Gasteiger partial charge in [-0.3, -0.25) is 4.79 Å². The van der Waals surface area contributed by atoms with E-state index in [4.69, 9.17) is 9.84 Å². The number of carbonyl (C=O) groups excluding carboxylic acids is 1. The van der Waals surface area contributed by atoms with E-state index in [1.54, 1.807) is 0 Å². The molecule has 0 aromatic rings. The maximum Gasteiger partial charge on any atom is 0.315 e. The molecule has 4 unspecified atom stereocenters. The summed E-state index contributed by atoms with van der Waals surface area (Å²) in [6.07, 6.45) is 3.37. The van der Waals surface area contributed by atoms with Gasteiger partial charge in [-0.25, -0.2) is 4.79 Å². The summed E-state index contributed by atoms with van der Waals surface area (Å²) in [7, 11) is 0. The van der Waals surface area contributed by atoms with Crippen LogP contribution in [0, 0.1) is 11.8 Å². The Kier molecular flexibility index (Phi) is 4.29. The number of nitrogens with one attached hydrogen (secondary N) is 2. The third-order valence-electron chi connectivity index (χ3n) is 4.03. The topological polar surface area (TPSA) is 87.7 Å². The zero-order valence-electron chi connectivity index (χ0n) is 11.4. The summed E-state index contributed by atoms with van der Waals surface area (Å²) in [5, 5.41) is 14.6. The standard InChI is InChI=1S/C13H22N2O4/c1-7(2)9(12(16)17)6-14-13(18)15-10-5-8-3-4-11(10)19-8/h7-11H,3-6H2,1-2H3,(H,16,17)(H2,14,15,18). The molecule has 0 saturated carbocycles. The maximum absolute atomic E-state index is 11.8. The van der Waals surface area contributed by atoms with Gasteiger partial charge < -0.3 is 20.5 Å². The van der Waals surface area contributed by atoms with Gasteiger partial charge in [-0.05, 0) is 25.2 Å². The molecule has 3 N–H and O–H groups in total. The summed E-state index contributed by atoms with van der Waals surface area (Å²) in [5.41, 5.74) is 0. The second-order valence-electron chi connectivity index (χ2n) is 5.76. The number of rotatable bonds is 5. The third kappa shape index (κ3) is 3.37. The molecule has 2 saturated heterocycles. The van der Waals surface area contributed by atoms with Crippen LogP contribution in [0.25, 0.3) is 0 Å². The van der Waals surface area contributed by atoms with Crippen molar-refractivity contribution in [3.63, 3.8) is 0 Å². The maximum atomic E-state index is 11.8. The summed E-state index contributed by atoms with van der Waals surface area (Å²) in [6.45, 7) is 3.82. The first-order valence-corrected chi connectivity index (χ1v) is 6.90. The van der Waals surface area contributed by atoms with E-state index in [9.17, 15) is 9.59 Å². The molecule has 6 nitrogen and oxygen atoms in total. The highest BCUT2D eigenvalue weighted by molar-refractivity contribution is 5.76. The lowest BCUT2D eigenvalue weighted by atomic mass is 9.95. The van der Waals surface area contributed by atoms with E-state index < -0.39 is 11.9 Å². The van der Waals surface area contributed by atoms with Crippen LogP contribution in [0.4, 0.5) is 4.79 Å². The van der Waals surface area contributed by atoms with Gasteiger partial charge >= 0.3 is 12.0 Å². The number of fused-ring (bicyclic) bond motifs is 2. The predicted molar refractivity (Wildman–Crippen MR) is 68.8 cm³/mol. The molecule has 2 fully saturated rings. The van der Waals surface area contributed by atoms with Gasteiger partial charge in [0.05, 0.1) is 24.2 Å². The SMILES string of the molecule is CC(C)C(CNC(=O)NC1CC2CCC1O2)C(=O)O. The predicted octanol–water partition coefficient (Wildman–Crippen LogP) is 0.962. The number of aliphatic carboxylic acids is 1. The molecule has 2 rings (SSSR count). The smallest absolute Gasteiger partial charge is 0.315 e. The van der Waals surface area contributed by atoms with Crippen LogP contribution in [0.15, 0.2) is 0 Å². The molecule has 2 aliphatic rings. The Hall–Kier alpha value is -1.30. The minimum absolute atomic E-state index is 0.0105. The van der Waals surface area contributed by atoms with E-state index in [1.165, 1.54) is 0 Å². The number of urea groups is 1. The number of hydrogen-bond donors (Lipinski definition) is 3. The van der Waals surface area contributed by atoms with Crippen molar-refractivity contribution in [2.24, 2.45) is 11.8 Å². The first kappa shape index (κ1) is 14.1. The van der Waals surface area contributed by atoms with Crippen molar-refractivity contribution >= 4 is 12.0 Å². The van der Waals surface area contributed by atoms with Crippen LogP contribution >= 0.6 is 0 Å². The van der Waals surface area contributed by atoms with Crippen LogP contribution < -0.4 is 10.6 Å². The van der Waals surface area contributed by atoms with E-state index in [2.05, 4.69) is 10.6 Å². The molecular formula is C13H22N2O4. The van der Waals surface area contributed by atoms with Crippen LogP contribution in [0.2, 0.25) is 0 Å². The van der Waals surface area contributed by atoms with Crippen molar-refractivity contribution in [3.05, 3.63) is 0 Å². The van der Waals surface area contributed by atoms with Crippen molar-refractivity contribution in [1.82, 2.24) is 10.6 Å². The van der Waals surface area contributed by atoms with Crippen molar-refractivity contribution in [3.8, 4) is 0 Å². The molecule has 2 aliphatic heterocycles. The van der Waals surface area contributed by atoms with Crippen LogP contribution in [0.5, 0.6) is 0 Å². The highest BCUT2D eigenvalue weighted by atomic mass is 16.5. The molecule has 0 radical (unpaired) electrons. The molecule has 2 heterocycles. The van der Waals surface area contributed by atoms with E-state index in [-0.39, 0.29) is 36.7 Å². The first-order valence-electron chi connectivity index (χ1n) is 6.90. The van der Waals surface area contributed by atoms with Gasteiger partial charge in [0.15, 0.2) is 0 Å². The Labute approximate surface area is 112 Å². The van der Waals surface area contributed by atoms with Gasteiger partial charge in [0.2, 0.25) is 0 Å². The number of carboxylic acids is 1. The second kappa shape index (κ2) is 5.77. The summed E-state index contributed by atoms with van der Waals surface area (Å²) in [6, 6.07) is -0.228.